The van der Waals surface area contributed by atoms with Gasteiger partial charge in [-0.2, -0.15) is 44.6 Å². The van der Waals surface area contributed by atoms with Crippen LogP contribution in [0.25, 0.3) is 0 Å². The lowest BCUT2D eigenvalue weighted by Gasteiger charge is -2.43. The predicted octanol–water partition coefficient (Wildman–Crippen LogP) is 7.52. The average Bonchev–Trinajstić information content (AvgIpc) is 2.85. The van der Waals surface area contributed by atoms with Crippen molar-refractivity contribution in [1.82, 2.24) is 4.90 Å². The van der Waals surface area contributed by atoms with Gasteiger partial charge >= 0.3 is 24.7 Å². The summed E-state index contributed by atoms with van der Waals surface area (Å²) in [4.78, 5) is 30.2. The van der Waals surface area contributed by atoms with Crippen LogP contribution >= 0.6 is 0 Å². The van der Waals surface area contributed by atoms with Gasteiger partial charge < -0.3 is 14.5 Å². The highest BCUT2D eigenvalue weighted by molar-refractivity contribution is 5.66. The van der Waals surface area contributed by atoms with Crippen molar-refractivity contribution in [3.05, 3.63) is 64.2 Å². The minimum absolute atomic E-state index is 0.0592. The molecule has 3 rings (SSSR count). The highest BCUT2D eigenvalue weighted by Gasteiger charge is 2.41. The number of benzene rings is 2. The van der Waals surface area contributed by atoms with E-state index < -0.39 is 65.6 Å². The van der Waals surface area contributed by atoms with E-state index in [1.165, 1.54) is 6.92 Å². The summed E-state index contributed by atoms with van der Waals surface area (Å²) in [7, 11) is 0. The van der Waals surface area contributed by atoms with Crippen molar-refractivity contribution < 1.29 is 58.7 Å². The SMILES string of the molecule is CCOC(=O)ON1c2ccc(C(F)(F)F)cc2[C@@H](N(C=O)Cc2cc(C(F)(F)F)cc(C(F)(F)F)c2)C[C@H]1CC. The summed E-state index contributed by atoms with van der Waals surface area (Å²) < 4.78 is 126. The Kier molecular flexibility index (Phi) is 8.84. The maximum Gasteiger partial charge on any atom is 0.533 e. The molecule has 40 heavy (non-hydrogen) atoms. The molecular weight excluding hydrogens is 563 g/mol. The van der Waals surface area contributed by atoms with E-state index in [-0.39, 0.29) is 43.2 Å². The number of nitrogens with zero attached hydrogens (tertiary/aromatic N) is 2. The average molecular weight is 586 g/mol. The second-order valence-corrected chi connectivity index (χ2v) is 8.88. The lowest BCUT2D eigenvalue weighted by atomic mass is 9.88. The minimum atomic E-state index is -5.14. The van der Waals surface area contributed by atoms with Gasteiger partial charge in [0.25, 0.3) is 0 Å². The molecule has 220 valence electrons. The number of rotatable bonds is 7. The van der Waals surface area contributed by atoms with Crippen LogP contribution in [0.15, 0.2) is 36.4 Å². The maximum atomic E-state index is 13.6. The first kappa shape index (κ1) is 30.9. The smallest absolute Gasteiger partial charge is 0.433 e. The molecule has 0 saturated carbocycles. The van der Waals surface area contributed by atoms with Crippen LogP contribution in [0.5, 0.6) is 0 Å². The highest BCUT2D eigenvalue weighted by Crippen LogP contribution is 2.45. The van der Waals surface area contributed by atoms with Crippen LogP contribution in [-0.2, 0) is 39.4 Å². The first-order chi connectivity index (χ1) is 18.5. The molecule has 0 aliphatic carbocycles. The van der Waals surface area contributed by atoms with Crippen molar-refractivity contribution in [2.75, 3.05) is 11.7 Å². The van der Waals surface area contributed by atoms with Gasteiger partial charge in [-0.25, -0.2) is 4.79 Å². The lowest BCUT2D eigenvalue weighted by molar-refractivity contribution is -0.143. The summed E-state index contributed by atoms with van der Waals surface area (Å²) in [5, 5.41) is 1.03. The summed E-state index contributed by atoms with van der Waals surface area (Å²) in [5.74, 6) is 0. The number of ether oxygens (including phenoxy) is 1. The van der Waals surface area contributed by atoms with Crippen LogP contribution in [0.3, 0.4) is 0 Å². The van der Waals surface area contributed by atoms with Crippen LogP contribution in [0.4, 0.5) is 50.0 Å². The van der Waals surface area contributed by atoms with Gasteiger partial charge in [0.2, 0.25) is 6.41 Å². The third-order valence-corrected chi connectivity index (χ3v) is 6.23. The Morgan fingerprint density at radius 3 is 1.98 bits per heavy atom. The van der Waals surface area contributed by atoms with Crippen LogP contribution in [0.2, 0.25) is 0 Å². The number of hydroxylamine groups is 1. The van der Waals surface area contributed by atoms with Crippen LogP contribution in [0.1, 0.15) is 60.5 Å². The number of hydrogen-bond acceptors (Lipinski definition) is 5. The molecule has 0 saturated heterocycles. The van der Waals surface area contributed by atoms with Gasteiger partial charge in [0.15, 0.2) is 0 Å². The number of anilines is 1. The fourth-order valence-corrected chi connectivity index (χ4v) is 4.41. The van der Waals surface area contributed by atoms with Gasteiger partial charge in [-0.05, 0) is 61.7 Å². The maximum absolute atomic E-state index is 13.6. The first-order valence-electron chi connectivity index (χ1n) is 11.8. The molecule has 1 amide bonds. The lowest BCUT2D eigenvalue weighted by Crippen LogP contribution is -2.45. The molecule has 0 radical (unpaired) electrons. The van der Waals surface area contributed by atoms with E-state index in [1.54, 1.807) is 6.92 Å². The Morgan fingerprint density at radius 1 is 0.925 bits per heavy atom. The first-order valence-corrected chi connectivity index (χ1v) is 11.8. The van der Waals surface area contributed by atoms with Crippen LogP contribution < -0.4 is 5.06 Å². The largest absolute Gasteiger partial charge is 0.533 e. The Balaban J connectivity index is 2.12. The third-order valence-electron chi connectivity index (χ3n) is 6.23. The van der Waals surface area contributed by atoms with Crippen molar-refractivity contribution in [2.45, 2.75) is 63.8 Å². The number of fused-ring (bicyclic) bond motifs is 1. The topological polar surface area (TPSA) is 59.1 Å². The molecule has 1 heterocycles. The van der Waals surface area contributed by atoms with Crippen molar-refractivity contribution in [1.29, 1.82) is 0 Å². The van der Waals surface area contributed by atoms with Gasteiger partial charge in [-0.15, -0.1) is 0 Å². The molecule has 15 heteroatoms. The number of alkyl halides is 9. The highest BCUT2D eigenvalue weighted by atomic mass is 19.4. The Labute approximate surface area is 222 Å². The molecule has 0 spiro atoms. The molecule has 1 aliphatic heterocycles. The molecular formula is C25H23F9N2O4. The van der Waals surface area contributed by atoms with E-state index >= 15 is 0 Å². The summed E-state index contributed by atoms with van der Waals surface area (Å²) in [6, 6.07) is 1.24. The van der Waals surface area contributed by atoms with E-state index in [1.807, 2.05) is 0 Å². The molecule has 0 N–H and O–H groups in total. The molecule has 0 unspecified atom stereocenters. The zero-order chi connectivity index (χ0) is 30.0. The summed E-state index contributed by atoms with van der Waals surface area (Å²) >= 11 is 0. The standard InChI is InChI=1S/C25H23F9N2O4/c1-3-18-11-21(19-10-15(23(26,27)28)5-6-20(19)36(18)40-22(38)39-4-2)35(13-37)12-14-7-16(24(29,30)31)9-17(8-14)25(32,33)34/h5-10,13,18,21H,3-4,11-12H2,1-2H3/t18-,21+/m1/s1. The zero-order valence-electron chi connectivity index (χ0n) is 21.0. The van der Waals surface area contributed by atoms with Gasteiger partial charge in [0, 0.05) is 12.1 Å². The number of hydrogen-bond donors (Lipinski definition) is 0. The number of carbonyl (C=O) groups excluding carboxylic acids is 2. The zero-order valence-corrected chi connectivity index (χ0v) is 21.0. The number of halogens is 9. The van der Waals surface area contributed by atoms with E-state index in [9.17, 15) is 49.1 Å². The van der Waals surface area contributed by atoms with Crippen molar-refractivity contribution in [3.8, 4) is 0 Å². The van der Waals surface area contributed by atoms with Crippen molar-refractivity contribution >= 4 is 18.3 Å². The second-order valence-electron chi connectivity index (χ2n) is 8.88. The van der Waals surface area contributed by atoms with Crippen molar-refractivity contribution in [2.24, 2.45) is 0 Å². The number of carbonyl (C=O) groups is 2. The Morgan fingerprint density at radius 2 is 1.50 bits per heavy atom. The Bertz CT molecular complexity index is 1200. The molecule has 2 aromatic rings. The summed E-state index contributed by atoms with van der Waals surface area (Å²) in [6.07, 6.45) is -16.1. The fourth-order valence-electron chi connectivity index (χ4n) is 4.41. The van der Waals surface area contributed by atoms with Gasteiger partial charge in [0.05, 0.1) is 41.1 Å². The quantitative estimate of drug-likeness (QED) is 0.191. The molecule has 0 aromatic heterocycles. The van der Waals surface area contributed by atoms with Gasteiger partial charge in [0.1, 0.15) is 0 Å². The third kappa shape index (κ3) is 6.91. The molecule has 2 atom stereocenters. The van der Waals surface area contributed by atoms with Gasteiger partial charge in [-0.1, -0.05) is 6.92 Å². The Hall–Kier alpha value is -3.65. The van der Waals surface area contributed by atoms with E-state index in [0.29, 0.717) is 24.3 Å². The minimum Gasteiger partial charge on any atom is -0.433 e. The molecule has 0 fully saturated rings. The van der Waals surface area contributed by atoms with E-state index in [0.717, 1.165) is 16.0 Å². The van der Waals surface area contributed by atoms with E-state index in [2.05, 4.69) is 0 Å². The summed E-state index contributed by atoms with van der Waals surface area (Å²) in [5.41, 5.74) is -5.12. The monoisotopic (exact) mass is 586 g/mol. The normalized spacial score (nSPS) is 17.7. The van der Waals surface area contributed by atoms with Crippen LogP contribution in [0, 0.1) is 0 Å². The molecule has 2 aromatic carbocycles. The molecule has 6 nitrogen and oxygen atoms in total. The number of amides is 1. The molecule has 0 bridgehead atoms. The van der Waals surface area contributed by atoms with Crippen molar-refractivity contribution in [3.63, 3.8) is 0 Å². The molecule has 1 aliphatic rings. The van der Waals surface area contributed by atoms with Gasteiger partial charge in [-0.3, -0.25) is 4.79 Å². The fraction of sp³-hybridized carbons (Fsp3) is 0.440. The summed E-state index contributed by atoms with van der Waals surface area (Å²) in [6.45, 7) is 2.29. The van der Waals surface area contributed by atoms with Crippen LogP contribution in [-0.4, -0.2) is 30.1 Å². The second kappa shape index (κ2) is 11.5. The predicted molar refractivity (Wildman–Crippen MR) is 122 cm³/mol. The van der Waals surface area contributed by atoms with E-state index in [4.69, 9.17) is 9.57 Å².